The third-order valence-corrected chi connectivity index (χ3v) is 9.98. The molecule has 13 nitrogen and oxygen atoms in total. The second kappa shape index (κ2) is 11.6. The smallest absolute Gasteiger partial charge is 0.287 e. The molecule has 2 fully saturated rings. The quantitative estimate of drug-likeness (QED) is 0.277. The van der Waals surface area contributed by atoms with E-state index in [2.05, 4.69) is 53.7 Å². The molecule has 7 heterocycles. The van der Waals surface area contributed by atoms with E-state index in [9.17, 15) is 14.7 Å². The van der Waals surface area contributed by atoms with Crippen LogP contribution in [0.3, 0.4) is 0 Å². The molecule has 244 valence electrons. The lowest BCUT2D eigenvalue weighted by Crippen LogP contribution is -2.56. The van der Waals surface area contributed by atoms with Gasteiger partial charge in [-0.1, -0.05) is 13.8 Å². The van der Waals surface area contributed by atoms with E-state index in [1.165, 1.54) is 11.3 Å². The molecule has 0 saturated carbocycles. The van der Waals surface area contributed by atoms with Crippen molar-refractivity contribution in [1.29, 1.82) is 0 Å². The van der Waals surface area contributed by atoms with Crippen LogP contribution in [0.25, 0.3) is 11.3 Å². The van der Waals surface area contributed by atoms with Gasteiger partial charge in [0.1, 0.15) is 23.0 Å². The number of aromatic nitrogens is 5. The fourth-order valence-corrected chi connectivity index (χ4v) is 7.42. The number of carbonyl (C=O) groups excluding carboxylic acids is 1. The molecule has 3 N–H and O–H groups in total. The van der Waals surface area contributed by atoms with Gasteiger partial charge in [0.25, 0.3) is 11.5 Å². The van der Waals surface area contributed by atoms with Crippen molar-refractivity contribution in [2.75, 3.05) is 61.1 Å². The Morgan fingerprint density at radius 2 is 1.85 bits per heavy atom. The van der Waals surface area contributed by atoms with Crippen LogP contribution in [0, 0.1) is 5.41 Å². The van der Waals surface area contributed by atoms with Gasteiger partial charge in [-0.15, -0.1) is 0 Å². The van der Waals surface area contributed by atoms with Crippen molar-refractivity contribution in [3.63, 3.8) is 0 Å². The maximum absolute atomic E-state index is 13.8. The fraction of sp³-hybridized carbons (Fsp3) is 0.441. The molecule has 0 unspecified atom stereocenters. The molecule has 0 radical (unpaired) electrons. The van der Waals surface area contributed by atoms with E-state index in [4.69, 9.17) is 4.74 Å². The second-order valence-electron chi connectivity index (χ2n) is 13.7. The molecule has 1 aliphatic carbocycles. The average molecular weight is 638 g/mol. The Morgan fingerprint density at radius 3 is 2.57 bits per heavy atom. The molecule has 47 heavy (non-hydrogen) atoms. The number of aliphatic hydroxyl groups is 1. The van der Waals surface area contributed by atoms with Crippen molar-refractivity contribution in [2.24, 2.45) is 5.41 Å². The highest BCUT2D eigenvalue weighted by atomic mass is 16.5. The van der Waals surface area contributed by atoms with Crippen molar-refractivity contribution < 1.29 is 14.6 Å². The van der Waals surface area contributed by atoms with Crippen molar-refractivity contribution >= 4 is 28.9 Å². The number of carbonyl (C=O) groups is 1. The normalized spacial score (nSPS) is 19.4. The number of hydrogen-bond donors (Lipinski definition) is 3. The number of H-pyrrole nitrogens is 1. The number of hydrogen-bond acceptors (Lipinski definition) is 10. The Kier molecular flexibility index (Phi) is 7.34. The largest absolute Gasteiger partial charge is 0.392 e. The van der Waals surface area contributed by atoms with Gasteiger partial charge in [-0.2, -0.15) is 5.10 Å². The first kappa shape index (κ1) is 29.8. The van der Waals surface area contributed by atoms with Gasteiger partial charge in [0.05, 0.1) is 43.4 Å². The zero-order valence-corrected chi connectivity index (χ0v) is 26.7. The summed E-state index contributed by atoms with van der Waals surface area (Å²) in [6.45, 7) is 10.8. The van der Waals surface area contributed by atoms with Gasteiger partial charge < -0.3 is 24.6 Å². The van der Waals surface area contributed by atoms with Gasteiger partial charge in [0, 0.05) is 62.3 Å². The number of anilines is 4. The number of amides is 1. The highest BCUT2D eigenvalue weighted by Gasteiger charge is 2.37. The van der Waals surface area contributed by atoms with E-state index in [1.54, 1.807) is 23.2 Å². The minimum absolute atomic E-state index is 0.135. The lowest BCUT2D eigenvalue weighted by atomic mass is 9.90. The van der Waals surface area contributed by atoms with E-state index in [-0.39, 0.29) is 23.6 Å². The maximum atomic E-state index is 13.8. The van der Waals surface area contributed by atoms with Crippen LogP contribution in [0.2, 0.25) is 0 Å². The van der Waals surface area contributed by atoms with Crippen LogP contribution in [-0.2, 0) is 30.7 Å². The monoisotopic (exact) mass is 637 g/mol. The van der Waals surface area contributed by atoms with Gasteiger partial charge in [-0.3, -0.25) is 19.4 Å². The summed E-state index contributed by atoms with van der Waals surface area (Å²) >= 11 is 0. The van der Waals surface area contributed by atoms with Crippen LogP contribution in [0.5, 0.6) is 0 Å². The number of aromatic amines is 1. The number of fused-ring (bicyclic) bond motifs is 3. The van der Waals surface area contributed by atoms with Crippen LogP contribution in [0.4, 0.5) is 23.0 Å². The predicted molar refractivity (Wildman–Crippen MR) is 177 cm³/mol. The molecule has 0 bridgehead atoms. The standard InChI is InChI=1S/C34H39N9O4/c1-34(2)15-21-13-28-33(46)43(12-11-42(28)29(21)16-34)31-25(18-44)24(5-6-35-31)26-14-27(32(45)39-38-26)37-30-4-3-22(17-36-30)40-7-9-41(10-8-40)23-19-47-20-23/h3-6,13-14,17,23,44H,7-12,15-16,18-20H2,1-2H3,(H,39,45)(H,36,37,38). The molecule has 4 aromatic rings. The van der Waals surface area contributed by atoms with Crippen molar-refractivity contribution in [3.8, 4) is 11.3 Å². The summed E-state index contributed by atoms with van der Waals surface area (Å²) < 4.78 is 7.50. The summed E-state index contributed by atoms with van der Waals surface area (Å²) in [5.41, 5.74) is 5.71. The first-order chi connectivity index (χ1) is 22.8. The zero-order valence-electron chi connectivity index (χ0n) is 26.7. The van der Waals surface area contributed by atoms with Gasteiger partial charge in [-0.05, 0) is 54.2 Å². The Balaban J connectivity index is 1.01. The summed E-state index contributed by atoms with van der Waals surface area (Å²) in [4.78, 5) is 42.2. The number of nitrogens with one attached hydrogen (secondary N) is 2. The molecule has 8 rings (SSSR count). The number of nitrogens with zero attached hydrogens (tertiary/aromatic N) is 7. The third-order valence-electron chi connectivity index (χ3n) is 9.98. The topological polar surface area (TPSA) is 145 Å². The van der Waals surface area contributed by atoms with E-state index in [1.807, 2.05) is 24.4 Å². The summed E-state index contributed by atoms with van der Waals surface area (Å²) in [7, 11) is 0. The summed E-state index contributed by atoms with van der Waals surface area (Å²) in [6, 6.07) is 9.80. The number of piperazine rings is 1. The third kappa shape index (κ3) is 5.37. The molecule has 13 heteroatoms. The fourth-order valence-electron chi connectivity index (χ4n) is 7.42. The average Bonchev–Trinajstić information content (AvgIpc) is 3.54. The highest BCUT2D eigenvalue weighted by molar-refractivity contribution is 6.06. The Bertz CT molecular complexity index is 1890. The van der Waals surface area contributed by atoms with E-state index in [0.717, 1.165) is 57.9 Å². The SMILES string of the molecule is CC1(C)Cc2cc3n(c2C1)CCN(c1nccc(-c2cc(Nc4ccc(N5CCN(C6COC6)CC5)cn4)c(=O)[nH]n2)c1CO)C3=O. The van der Waals surface area contributed by atoms with Crippen LogP contribution in [-0.4, -0.2) is 92.6 Å². The Hall–Kier alpha value is -4.59. The van der Waals surface area contributed by atoms with Gasteiger partial charge in [0.15, 0.2) is 0 Å². The molecule has 0 atom stereocenters. The van der Waals surface area contributed by atoms with Crippen molar-refractivity contribution in [3.05, 3.63) is 75.6 Å². The first-order valence-electron chi connectivity index (χ1n) is 16.3. The molecular formula is C34H39N9O4. The minimum Gasteiger partial charge on any atom is -0.392 e. The predicted octanol–water partition coefficient (Wildman–Crippen LogP) is 2.57. The summed E-state index contributed by atoms with van der Waals surface area (Å²) in [5.74, 6) is 0.783. The van der Waals surface area contributed by atoms with E-state index >= 15 is 0 Å². The first-order valence-corrected chi connectivity index (χ1v) is 16.3. The highest BCUT2D eigenvalue weighted by Crippen LogP contribution is 2.40. The molecule has 0 spiro atoms. The zero-order chi connectivity index (χ0) is 32.3. The van der Waals surface area contributed by atoms with Crippen LogP contribution in [0.15, 0.2) is 47.5 Å². The van der Waals surface area contributed by atoms with Crippen LogP contribution in [0.1, 0.15) is 41.2 Å². The lowest BCUT2D eigenvalue weighted by molar-refractivity contribution is -0.0660. The molecular weight excluding hydrogens is 598 g/mol. The van der Waals surface area contributed by atoms with Crippen molar-refractivity contribution in [2.45, 2.75) is 45.9 Å². The molecule has 4 aliphatic rings. The molecule has 3 aliphatic heterocycles. The van der Waals surface area contributed by atoms with Gasteiger partial charge in [-0.25, -0.2) is 15.1 Å². The number of rotatable bonds is 7. The lowest BCUT2D eigenvalue weighted by Gasteiger charge is -2.43. The van der Waals surface area contributed by atoms with E-state index in [0.29, 0.717) is 53.3 Å². The molecule has 4 aromatic heterocycles. The van der Waals surface area contributed by atoms with Crippen molar-refractivity contribution in [1.82, 2.24) is 29.6 Å². The second-order valence-corrected chi connectivity index (χ2v) is 13.7. The Labute approximate surface area is 272 Å². The maximum Gasteiger partial charge on any atom is 0.287 e. The Morgan fingerprint density at radius 1 is 1.02 bits per heavy atom. The van der Waals surface area contributed by atoms with Gasteiger partial charge >= 0.3 is 0 Å². The van der Waals surface area contributed by atoms with E-state index < -0.39 is 5.56 Å². The number of aliphatic hydroxyl groups excluding tert-OH is 1. The summed E-state index contributed by atoms with van der Waals surface area (Å²) in [6.07, 6.45) is 5.33. The number of ether oxygens (including phenoxy) is 1. The molecule has 2 saturated heterocycles. The molecule has 1 amide bonds. The summed E-state index contributed by atoms with van der Waals surface area (Å²) in [5, 5.41) is 20.5. The molecule has 0 aromatic carbocycles. The van der Waals surface area contributed by atoms with Crippen LogP contribution < -0.4 is 20.7 Å². The number of pyridine rings is 2. The minimum atomic E-state index is -0.404. The van der Waals surface area contributed by atoms with Gasteiger partial charge in [0.2, 0.25) is 0 Å². The van der Waals surface area contributed by atoms with Crippen LogP contribution >= 0.6 is 0 Å².